The lowest BCUT2D eigenvalue weighted by Crippen LogP contribution is -2.19. The molecule has 10 heavy (non-hydrogen) atoms. The van der Waals surface area contributed by atoms with Crippen molar-refractivity contribution >= 4 is 19.6 Å². The summed E-state index contributed by atoms with van der Waals surface area (Å²) >= 11 is 0. The second-order valence-electron chi connectivity index (χ2n) is 1.86. The van der Waals surface area contributed by atoms with E-state index < -0.39 is 0 Å². The van der Waals surface area contributed by atoms with Gasteiger partial charge in [0.25, 0.3) is 0 Å². The summed E-state index contributed by atoms with van der Waals surface area (Å²) in [7, 11) is 1.58. The molecule has 0 aromatic carbocycles. The molecule has 1 fully saturated rings. The van der Waals surface area contributed by atoms with E-state index in [2.05, 4.69) is 5.32 Å². The van der Waals surface area contributed by atoms with Crippen LogP contribution in [0.2, 0.25) is 0 Å². The number of amides is 1. The van der Waals surface area contributed by atoms with Crippen LogP contribution in [0.4, 0.5) is 4.79 Å². The van der Waals surface area contributed by atoms with Crippen LogP contribution in [0.5, 0.6) is 0 Å². The van der Waals surface area contributed by atoms with Gasteiger partial charge >= 0.3 is 6.09 Å². The molecule has 0 bridgehead atoms. The quantitative estimate of drug-likeness (QED) is 0.619. The molecule has 0 aromatic rings. The summed E-state index contributed by atoms with van der Waals surface area (Å²) in [6.07, 6.45) is -0.445. The van der Waals surface area contributed by atoms with E-state index in [1.165, 1.54) is 0 Å². The topological polar surface area (TPSA) is 47.6 Å². The molecule has 4 nitrogen and oxygen atoms in total. The highest BCUT2D eigenvalue weighted by molar-refractivity contribution is 7.59. The predicted octanol–water partition coefficient (Wildman–Crippen LogP) is -0.146. The van der Waals surface area contributed by atoms with Crippen LogP contribution < -0.4 is 5.32 Å². The molecule has 1 N–H and O–H groups in total. The number of hydrogen-bond acceptors (Lipinski definition) is 3. The van der Waals surface area contributed by atoms with E-state index in [0.717, 1.165) is 0 Å². The number of carbonyl (C=O) groups is 1. The molecule has 1 saturated heterocycles. The van der Waals surface area contributed by atoms with Gasteiger partial charge in [-0.1, -0.05) is 0 Å². The molecule has 0 unspecified atom stereocenters. The number of cyclic esters (lactones) is 1. The first-order valence-electron chi connectivity index (χ1n) is 2.76. The molecule has 0 spiro atoms. The summed E-state index contributed by atoms with van der Waals surface area (Å²) in [4.78, 5) is 10.3. The van der Waals surface area contributed by atoms with Gasteiger partial charge in [0.1, 0.15) is 6.10 Å². The van der Waals surface area contributed by atoms with Gasteiger partial charge in [0.15, 0.2) is 0 Å². The van der Waals surface area contributed by atoms with E-state index in [0.29, 0.717) is 13.2 Å². The molecular weight excluding hydrogens is 154 g/mol. The zero-order chi connectivity index (χ0) is 6.69. The van der Waals surface area contributed by atoms with E-state index in [1.54, 1.807) is 7.11 Å². The monoisotopic (exact) mass is 165 g/mol. The number of hydrogen-bond donors (Lipinski definition) is 1. The maximum atomic E-state index is 10.3. The van der Waals surface area contributed by atoms with Crippen molar-refractivity contribution in [3.8, 4) is 0 Å². The molecule has 0 radical (unpaired) electrons. The number of nitrogens with one attached hydrogen (secondary N) is 1. The van der Waals surface area contributed by atoms with Crippen LogP contribution in [0, 0.1) is 0 Å². The average molecular weight is 165 g/mol. The summed E-state index contributed by atoms with van der Waals surface area (Å²) in [6, 6.07) is 0. The van der Waals surface area contributed by atoms with Gasteiger partial charge in [-0.3, -0.25) is 0 Å². The van der Waals surface area contributed by atoms with Gasteiger partial charge in [-0.05, 0) is 0 Å². The highest BCUT2D eigenvalue weighted by atomic mass is 32.1. The second-order valence-corrected chi connectivity index (χ2v) is 1.86. The van der Waals surface area contributed by atoms with Crippen LogP contribution in [-0.2, 0) is 9.47 Å². The van der Waals surface area contributed by atoms with Crippen LogP contribution >= 0.6 is 13.5 Å². The first kappa shape index (κ1) is 9.58. The number of methoxy groups -OCH3 is 1. The zero-order valence-corrected chi connectivity index (χ0v) is 6.72. The highest BCUT2D eigenvalue weighted by Crippen LogP contribution is 1.98. The average Bonchev–Trinajstić information content (AvgIpc) is 2.17. The molecule has 0 saturated carbocycles. The van der Waals surface area contributed by atoms with E-state index in [-0.39, 0.29) is 25.7 Å². The fraction of sp³-hybridized carbons (Fsp3) is 0.800. The van der Waals surface area contributed by atoms with Crippen LogP contribution in [0.15, 0.2) is 0 Å². The lowest BCUT2D eigenvalue weighted by Gasteiger charge is -2.03. The minimum absolute atomic E-state index is 0. The lowest BCUT2D eigenvalue weighted by molar-refractivity contribution is 0.0717. The van der Waals surface area contributed by atoms with Crippen LogP contribution in [0.3, 0.4) is 0 Å². The van der Waals surface area contributed by atoms with Crippen LogP contribution in [-0.4, -0.2) is 32.5 Å². The third kappa shape index (κ3) is 2.45. The fourth-order valence-electron chi connectivity index (χ4n) is 0.711. The molecule has 60 valence electrons. The van der Waals surface area contributed by atoms with Crippen molar-refractivity contribution in [2.45, 2.75) is 6.10 Å². The Morgan fingerprint density at radius 3 is 3.00 bits per heavy atom. The first-order valence-corrected chi connectivity index (χ1v) is 2.76. The standard InChI is InChI=1S/C5H9NO3.H2S/c1-8-3-4-2-6-5(7)9-4;/h4H,2-3H2,1H3,(H,6,7);1H2/t4-;/m0./s1. The molecule has 1 aliphatic rings. The largest absolute Gasteiger partial charge is 0.442 e. The Morgan fingerprint density at radius 1 is 1.90 bits per heavy atom. The van der Waals surface area contributed by atoms with Crippen molar-refractivity contribution in [1.29, 1.82) is 0 Å². The molecule has 1 aliphatic heterocycles. The van der Waals surface area contributed by atoms with Gasteiger partial charge in [0, 0.05) is 7.11 Å². The van der Waals surface area contributed by atoms with Crippen LogP contribution in [0.25, 0.3) is 0 Å². The van der Waals surface area contributed by atoms with Gasteiger partial charge in [-0.2, -0.15) is 13.5 Å². The van der Waals surface area contributed by atoms with Crippen LogP contribution in [0.1, 0.15) is 0 Å². The lowest BCUT2D eigenvalue weighted by atomic mass is 10.4. The number of ether oxygens (including phenoxy) is 2. The SMILES string of the molecule is COC[C@@H]1CNC(=O)O1.S. The Kier molecular flexibility index (Phi) is 4.22. The molecule has 1 heterocycles. The Balaban J connectivity index is 0.000000810. The van der Waals surface area contributed by atoms with E-state index in [4.69, 9.17) is 9.47 Å². The summed E-state index contributed by atoms with van der Waals surface area (Å²) < 4.78 is 9.48. The predicted molar refractivity (Wildman–Crippen MR) is 40.5 cm³/mol. The van der Waals surface area contributed by atoms with Gasteiger partial charge in [0.05, 0.1) is 13.2 Å². The Hall–Kier alpha value is -0.420. The van der Waals surface area contributed by atoms with Gasteiger partial charge in [0.2, 0.25) is 0 Å². The maximum Gasteiger partial charge on any atom is 0.407 e. The number of alkyl carbamates (subject to hydrolysis) is 1. The molecule has 0 aliphatic carbocycles. The molecule has 5 heteroatoms. The first-order chi connectivity index (χ1) is 4.33. The second kappa shape index (κ2) is 4.40. The van der Waals surface area contributed by atoms with E-state index in [1.807, 2.05) is 0 Å². The van der Waals surface area contributed by atoms with Crippen molar-refractivity contribution in [1.82, 2.24) is 5.32 Å². The number of carbonyl (C=O) groups excluding carboxylic acids is 1. The van der Waals surface area contributed by atoms with Gasteiger partial charge in [-0.15, -0.1) is 0 Å². The Bertz CT molecular complexity index is 119. The Morgan fingerprint density at radius 2 is 2.60 bits per heavy atom. The van der Waals surface area contributed by atoms with Crippen molar-refractivity contribution in [2.24, 2.45) is 0 Å². The summed E-state index contributed by atoms with van der Waals surface area (Å²) in [5.74, 6) is 0. The third-order valence-corrected chi connectivity index (χ3v) is 1.10. The molecule has 1 amide bonds. The van der Waals surface area contributed by atoms with Gasteiger partial charge in [-0.25, -0.2) is 4.79 Å². The molecular formula is C5H11NO3S. The minimum atomic E-state index is -0.350. The van der Waals surface area contributed by atoms with Gasteiger partial charge < -0.3 is 14.8 Å². The van der Waals surface area contributed by atoms with Crippen molar-refractivity contribution in [3.05, 3.63) is 0 Å². The fourth-order valence-corrected chi connectivity index (χ4v) is 0.711. The van der Waals surface area contributed by atoms with Crippen molar-refractivity contribution in [3.63, 3.8) is 0 Å². The van der Waals surface area contributed by atoms with E-state index >= 15 is 0 Å². The summed E-state index contributed by atoms with van der Waals surface area (Å²) in [6.45, 7) is 1.03. The van der Waals surface area contributed by atoms with Crippen molar-refractivity contribution in [2.75, 3.05) is 20.3 Å². The summed E-state index contributed by atoms with van der Waals surface area (Å²) in [5.41, 5.74) is 0. The molecule has 1 atom stereocenters. The third-order valence-electron chi connectivity index (χ3n) is 1.10. The normalized spacial score (nSPS) is 22.9. The van der Waals surface area contributed by atoms with E-state index in [9.17, 15) is 4.79 Å². The molecule has 0 aromatic heterocycles. The minimum Gasteiger partial charge on any atom is -0.442 e. The number of rotatable bonds is 2. The Labute approximate surface area is 66.3 Å². The maximum absolute atomic E-state index is 10.3. The summed E-state index contributed by atoms with van der Waals surface area (Å²) in [5, 5.41) is 2.51. The zero-order valence-electron chi connectivity index (χ0n) is 5.72. The smallest absolute Gasteiger partial charge is 0.407 e. The molecule has 1 rings (SSSR count). The highest BCUT2D eigenvalue weighted by Gasteiger charge is 2.21. The van der Waals surface area contributed by atoms with Crippen molar-refractivity contribution < 1.29 is 14.3 Å².